The molecule has 0 fully saturated rings. The Morgan fingerprint density at radius 3 is 1.94 bits per heavy atom. The van der Waals surface area contributed by atoms with Crippen molar-refractivity contribution < 1.29 is 14.6 Å². The van der Waals surface area contributed by atoms with Gasteiger partial charge in [-0.15, -0.1) is 0 Å². The van der Waals surface area contributed by atoms with Gasteiger partial charge in [0.2, 0.25) is 5.91 Å². The number of aliphatic hydroxyl groups is 1. The number of nitrogens with one attached hydrogen (secondary N) is 1. The molecule has 0 bridgehead atoms. The fourth-order valence-electron chi connectivity index (χ4n) is 1.00. The van der Waals surface area contributed by atoms with Gasteiger partial charge in [0.15, 0.2) is 0 Å². The van der Waals surface area contributed by atoms with E-state index < -0.39 is 16.7 Å². The molecule has 0 rings (SSSR count). The van der Waals surface area contributed by atoms with Gasteiger partial charge in [0.25, 0.3) is 0 Å². The fourth-order valence-corrected chi connectivity index (χ4v) is 1.00. The molecule has 0 saturated carbocycles. The van der Waals surface area contributed by atoms with Crippen LogP contribution in [0.2, 0.25) is 0 Å². The molecule has 4 heteroatoms. The lowest BCUT2D eigenvalue weighted by atomic mass is 9.85. The van der Waals surface area contributed by atoms with E-state index in [9.17, 15) is 9.90 Å². The summed E-state index contributed by atoms with van der Waals surface area (Å²) in [7, 11) is 1.58. The van der Waals surface area contributed by atoms with Gasteiger partial charge in [-0.2, -0.15) is 0 Å². The van der Waals surface area contributed by atoms with Gasteiger partial charge in [-0.05, 0) is 41.5 Å². The number of ether oxygens (including phenoxy) is 1. The maximum atomic E-state index is 11.8. The number of methoxy groups -OCH3 is 1. The number of hydrogen-bond acceptors (Lipinski definition) is 3. The monoisotopic (exact) mass is 231 g/mol. The van der Waals surface area contributed by atoms with Crippen LogP contribution in [0.3, 0.4) is 0 Å². The number of amides is 1. The van der Waals surface area contributed by atoms with E-state index in [0.717, 1.165) is 0 Å². The molecular weight excluding hydrogens is 206 g/mol. The number of carbonyl (C=O) groups excluding carboxylic acids is 1. The summed E-state index contributed by atoms with van der Waals surface area (Å²) in [6.45, 7) is 10.6. The molecule has 0 aliphatic rings. The summed E-state index contributed by atoms with van der Waals surface area (Å²) in [5.74, 6) is -0.126. The quantitative estimate of drug-likeness (QED) is 0.753. The first kappa shape index (κ1) is 15.4. The van der Waals surface area contributed by atoms with Crippen LogP contribution in [-0.4, -0.2) is 34.9 Å². The van der Waals surface area contributed by atoms with Crippen molar-refractivity contribution in [2.24, 2.45) is 0 Å². The summed E-state index contributed by atoms with van der Waals surface area (Å²) in [5.41, 5.74) is -2.13. The van der Waals surface area contributed by atoms with Gasteiger partial charge in [0, 0.05) is 7.11 Å². The van der Waals surface area contributed by atoms with E-state index in [-0.39, 0.29) is 12.3 Å². The molecule has 0 heterocycles. The molecule has 96 valence electrons. The van der Waals surface area contributed by atoms with Crippen molar-refractivity contribution in [3.8, 4) is 0 Å². The normalized spacial score (nSPS) is 13.8. The number of hydrogen-bond donors (Lipinski definition) is 2. The van der Waals surface area contributed by atoms with Crippen LogP contribution in [0.25, 0.3) is 0 Å². The molecule has 0 atom stereocenters. The summed E-state index contributed by atoms with van der Waals surface area (Å²) >= 11 is 0. The lowest BCUT2D eigenvalue weighted by Gasteiger charge is -2.38. The third-order valence-electron chi connectivity index (χ3n) is 3.12. The zero-order valence-corrected chi connectivity index (χ0v) is 11.5. The summed E-state index contributed by atoms with van der Waals surface area (Å²) < 4.78 is 5.19. The first-order valence-corrected chi connectivity index (χ1v) is 5.50. The van der Waals surface area contributed by atoms with Crippen LogP contribution in [0.1, 0.15) is 48.0 Å². The molecule has 1 amide bonds. The van der Waals surface area contributed by atoms with Crippen LogP contribution >= 0.6 is 0 Å². The Balaban J connectivity index is 4.48. The van der Waals surface area contributed by atoms with Crippen LogP contribution < -0.4 is 5.32 Å². The maximum Gasteiger partial charge on any atom is 0.223 e. The predicted molar refractivity (Wildman–Crippen MR) is 64.2 cm³/mol. The third kappa shape index (κ3) is 4.49. The Bertz CT molecular complexity index is 251. The molecule has 0 spiro atoms. The molecule has 0 unspecified atom stereocenters. The average molecular weight is 231 g/mol. The Hall–Kier alpha value is -0.610. The lowest BCUT2D eigenvalue weighted by molar-refractivity contribution is -0.131. The van der Waals surface area contributed by atoms with Crippen molar-refractivity contribution in [1.29, 1.82) is 0 Å². The van der Waals surface area contributed by atoms with E-state index in [4.69, 9.17) is 4.74 Å². The Labute approximate surface area is 98.4 Å². The van der Waals surface area contributed by atoms with Crippen LogP contribution in [0, 0.1) is 0 Å². The molecule has 0 aliphatic heterocycles. The van der Waals surface area contributed by atoms with Gasteiger partial charge in [0.1, 0.15) is 0 Å². The predicted octanol–water partition coefficient (Wildman–Crippen LogP) is 1.47. The second kappa shape index (κ2) is 4.72. The first-order chi connectivity index (χ1) is 6.91. The minimum atomic E-state index is -0.972. The van der Waals surface area contributed by atoms with Crippen LogP contribution in [-0.2, 0) is 9.53 Å². The molecule has 0 saturated heterocycles. The Kier molecular flexibility index (Phi) is 4.54. The molecule has 4 nitrogen and oxygen atoms in total. The van der Waals surface area contributed by atoms with Gasteiger partial charge in [0.05, 0.1) is 23.2 Å². The number of rotatable bonds is 5. The van der Waals surface area contributed by atoms with Crippen molar-refractivity contribution in [3.05, 3.63) is 0 Å². The largest absolute Gasteiger partial charge is 0.388 e. The average Bonchev–Trinajstić information content (AvgIpc) is 1.99. The van der Waals surface area contributed by atoms with E-state index >= 15 is 0 Å². The second-order valence-electron chi connectivity index (χ2n) is 5.87. The van der Waals surface area contributed by atoms with Crippen molar-refractivity contribution in [2.45, 2.75) is 64.7 Å². The van der Waals surface area contributed by atoms with E-state index in [1.807, 2.05) is 13.8 Å². The van der Waals surface area contributed by atoms with E-state index in [1.54, 1.807) is 34.8 Å². The minimum absolute atomic E-state index is 0.126. The van der Waals surface area contributed by atoms with Crippen LogP contribution in [0.5, 0.6) is 0 Å². The van der Waals surface area contributed by atoms with Crippen LogP contribution in [0.15, 0.2) is 0 Å². The van der Waals surface area contributed by atoms with Gasteiger partial charge in [-0.1, -0.05) is 0 Å². The summed E-state index contributed by atoms with van der Waals surface area (Å²) in [6.07, 6.45) is 0.267. The van der Waals surface area contributed by atoms with Gasteiger partial charge in [-0.25, -0.2) is 0 Å². The summed E-state index contributed by atoms with van der Waals surface area (Å²) in [6, 6.07) is 0. The van der Waals surface area contributed by atoms with Crippen molar-refractivity contribution >= 4 is 5.91 Å². The smallest absolute Gasteiger partial charge is 0.223 e. The molecule has 0 aromatic rings. The third-order valence-corrected chi connectivity index (χ3v) is 3.12. The topological polar surface area (TPSA) is 58.6 Å². The standard InChI is InChI=1S/C12H25NO3/c1-10(2,16-7)8-9(14)13-11(3,4)12(5,6)15/h15H,8H2,1-7H3,(H,13,14). The molecule has 2 N–H and O–H groups in total. The van der Waals surface area contributed by atoms with Gasteiger partial charge < -0.3 is 15.2 Å². The molecule has 0 aromatic carbocycles. The Morgan fingerprint density at radius 2 is 1.62 bits per heavy atom. The van der Waals surface area contributed by atoms with E-state index in [1.165, 1.54) is 0 Å². The van der Waals surface area contributed by atoms with Gasteiger partial charge in [-0.3, -0.25) is 4.79 Å². The zero-order chi connectivity index (χ0) is 13.2. The molecule has 0 aromatic heterocycles. The minimum Gasteiger partial charge on any atom is -0.388 e. The maximum absolute atomic E-state index is 11.8. The zero-order valence-electron chi connectivity index (χ0n) is 11.5. The lowest BCUT2D eigenvalue weighted by Crippen LogP contribution is -2.58. The molecule has 16 heavy (non-hydrogen) atoms. The number of carbonyl (C=O) groups is 1. The SMILES string of the molecule is COC(C)(C)CC(=O)NC(C)(C)C(C)(C)O. The van der Waals surface area contributed by atoms with Crippen molar-refractivity contribution in [2.75, 3.05) is 7.11 Å². The van der Waals surface area contributed by atoms with Gasteiger partial charge >= 0.3 is 0 Å². The second-order valence-corrected chi connectivity index (χ2v) is 5.87. The molecular formula is C12H25NO3. The van der Waals surface area contributed by atoms with E-state index in [2.05, 4.69) is 5.32 Å². The fraction of sp³-hybridized carbons (Fsp3) is 0.917. The highest BCUT2D eigenvalue weighted by Gasteiger charge is 2.37. The summed E-state index contributed by atoms with van der Waals surface area (Å²) in [4.78, 5) is 11.8. The Morgan fingerprint density at radius 1 is 1.19 bits per heavy atom. The highest BCUT2D eigenvalue weighted by atomic mass is 16.5. The molecule has 0 radical (unpaired) electrons. The van der Waals surface area contributed by atoms with Crippen molar-refractivity contribution in [1.82, 2.24) is 5.32 Å². The van der Waals surface area contributed by atoms with Crippen molar-refractivity contribution in [3.63, 3.8) is 0 Å². The molecule has 0 aliphatic carbocycles. The highest BCUT2D eigenvalue weighted by molar-refractivity contribution is 5.77. The highest BCUT2D eigenvalue weighted by Crippen LogP contribution is 2.21. The first-order valence-electron chi connectivity index (χ1n) is 5.50. The van der Waals surface area contributed by atoms with E-state index in [0.29, 0.717) is 0 Å². The van der Waals surface area contributed by atoms with Crippen LogP contribution in [0.4, 0.5) is 0 Å². The summed E-state index contributed by atoms with van der Waals surface area (Å²) in [5, 5.41) is 12.7.